The van der Waals surface area contributed by atoms with Crippen molar-refractivity contribution in [3.8, 4) is 5.75 Å². The van der Waals surface area contributed by atoms with E-state index < -0.39 is 0 Å². The van der Waals surface area contributed by atoms with Gasteiger partial charge >= 0.3 is 5.97 Å². The van der Waals surface area contributed by atoms with Gasteiger partial charge in [-0.25, -0.2) is 0 Å². The van der Waals surface area contributed by atoms with E-state index in [4.69, 9.17) is 4.74 Å². The summed E-state index contributed by atoms with van der Waals surface area (Å²) >= 11 is 0. The first-order valence-corrected chi connectivity index (χ1v) is 7.49. The molecule has 1 atom stereocenters. The van der Waals surface area contributed by atoms with E-state index in [2.05, 4.69) is 13.8 Å². The maximum Gasteiger partial charge on any atom is 0.318 e. The van der Waals surface area contributed by atoms with Crippen molar-refractivity contribution in [3.05, 3.63) is 65.7 Å². The molecule has 0 unspecified atom stereocenters. The summed E-state index contributed by atoms with van der Waals surface area (Å²) in [5, 5.41) is 0. The molecule has 0 aliphatic rings. The first kappa shape index (κ1) is 15.3. The minimum atomic E-state index is -0.216. The van der Waals surface area contributed by atoms with Gasteiger partial charge in [0.2, 0.25) is 0 Å². The van der Waals surface area contributed by atoms with Crippen LogP contribution in [0.25, 0.3) is 0 Å². The van der Waals surface area contributed by atoms with Crippen molar-refractivity contribution in [1.29, 1.82) is 0 Å². The molecule has 2 rings (SSSR count). The normalized spacial score (nSPS) is 12.2. The minimum absolute atomic E-state index is 0.184. The number of rotatable bonds is 5. The van der Waals surface area contributed by atoms with Crippen LogP contribution in [0, 0.1) is 0 Å². The van der Waals surface area contributed by atoms with E-state index in [1.54, 1.807) is 0 Å². The molecule has 2 aromatic rings. The first-order valence-electron chi connectivity index (χ1n) is 7.49. The fourth-order valence-electron chi connectivity index (χ4n) is 2.45. The van der Waals surface area contributed by atoms with Crippen LogP contribution in [0.15, 0.2) is 54.6 Å². The Bertz CT molecular complexity index is 588. The highest BCUT2D eigenvalue weighted by molar-refractivity contribution is 5.80. The lowest BCUT2D eigenvalue weighted by Crippen LogP contribution is -2.19. The predicted octanol–water partition coefficient (Wildman–Crippen LogP) is 4.91. The molecule has 2 aromatic carbocycles. The number of para-hydroxylation sites is 1. The second-order valence-corrected chi connectivity index (χ2v) is 5.49. The highest BCUT2D eigenvalue weighted by Crippen LogP contribution is 2.28. The molecule has 0 amide bonds. The Labute approximate surface area is 126 Å². The standard InChI is InChI=1S/C19H22O2/c1-4-16(15-10-6-5-7-11-15)19(20)21-18-13-9-8-12-17(18)14(2)3/h5-14,16H,4H2,1-3H3/t16-/m0/s1. The number of carbonyl (C=O) groups excluding carboxylic acids is 1. The van der Waals surface area contributed by atoms with E-state index in [9.17, 15) is 4.79 Å². The zero-order valence-electron chi connectivity index (χ0n) is 12.9. The van der Waals surface area contributed by atoms with Crippen LogP contribution in [0.4, 0.5) is 0 Å². The molecule has 0 heterocycles. The Kier molecular flexibility index (Phi) is 5.15. The molecule has 0 fully saturated rings. The van der Waals surface area contributed by atoms with Crippen molar-refractivity contribution in [3.63, 3.8) is 0 Å². The number of hydrogen-bond donors (Lipinski definition) is 0. The van der Waals surface area contributed by atoms with Crippen LogP contribution in [0.2, 0.25) is 0 Å². The summed E-state index contributed by atoms with van der Waals surface area (Å²) in [4.78, 5) is 12.5. The van der Waals surface area contributed by atoms with Gasteiger partial charge in [0.1, 0.15) is 5.75 Å². The quantitative estimate of drug-likeness (QED) is 0.575. The second-order valence-electron chi connectivity index (χ2n) is 5.49. The van der Waals surface area contributed by atoms with Crippen molar-refractivity contribution in [1.82, 2.24) is 0 Å². The smallest absolute Gasteiger partial charge is 0.318 e. The van der Waals surface area contributed by atoms with Crippen molar-refractivity contribution in [2.75, 3.05) is 0 Å². The first-order chi connectivity index (χ1) is 10.1. The van der Waals surface area contributed by atoms with Gasteiger partial charge in [-0.05, 0) is 29.5 Å². The monoisotopic (exact) mass is 282 g/mol. The molecule has 0 radical (unpaired) electrons. The van der Waals surface area contributed by atoms with Crippen LogP contribution >= 0.6 is 0 Å². The fraction of sp³-hybridized carbons (Fsp3) is 0.316. The van der Waals surface area contributed by atoms with Gasteiger partial charge in [0.15, 0.2) is 0 Å². The molecule has 21 heavy (non-hydrogen) atoms. The highest BCUT2D eigenvalue weighted by atomic mass is 16.5. The molecule has 2 nitrogen and oxygen atoms in total. The van der Waals surface area contributed by atoms with E-state index >= 15 is 0 Å². The second kappa shape index (κ2) is 7.07. The third kappa shape index (κ3) is 3.72. The van der Waals surface area contributed by atoms with Gasteiger partial charge in [-0.1, -0.05) is 69.3 Å². The maximum atomic E-state index is 12.5. The number of esters is 1. The van der Waals surface area contributed by atoms with E-state index in [1.807, 2.05) is 61.5 Å². The van der Waals surface area contributed by atoms with Gasteiger partial charge in [-0.2, -0.15) is 0 Å². The summed E-state index contributed by atoms with van der Waals surface area (Å²) in [5.74, 6) is 0.598. The molecule has 0 saturated carbocycles. The Hall–Kier alpha value is -2.09. The van der Waals surface area contributed by atoms with Crippen molar-refractivity contribution >= 4 is 5.97 Å². The summed E-state index contributed by atoms with van der Waals surface area (Å²) in [6.07, 6.45) is 0.729. The summed E-state index contributed by atoms with van der Waals surface area (Å²) in [7, 11) is 0. The van der Waals surface area contributed by atoms with Gasteiger partial charge in [-0.3, -0.25) is 4.79 Å². The Morgan fingerprint density at radius 3 is 2.24 bits per heavy atom. The predicted molar refractivity (Wildman–Crippen MR) is 85.6 cm³/mol. The Morgan fingerprint density at radius 2 is 1.62 bits per heavy atom. The lowest BCUT2D eigenvalue weighted by molar-refractivity contribution is -0.136. The van der Waals surface area contributed by atoms with E-state index in [-0.39, 0.29) is 11.9 Å². The average Bonchev–Trinajstić information content (AvgIpc) is 2.49. The lowest BCUT2D eigenvalue weighted by atomic mass is 9.96. The van der Waals surface area contributed by atoms with Gasteiger partial charge < -0.3 is 4.74 Å². The third-order valence-electron chi connectivity index (χ3n) is 3.65. The Morgan fingerprint density at radius 1 is 1.00 bits per heavy atom. The molecular formula is C19H22O2. The molecule has 0 aliphatic carbocycles. The number of benzene rings is 2. The minimum Gasteiger partial charge on any atom is -0.426 e. The molecule has 2 heteroatoms. The Balaban J connectivity index is 2.21. The summed E-state index contributed by atoms with van der Waals surface area (Å²) in [5.41, 5.74) is 2.07. The summed E-state index contributed by atoms with van der Waals surface area (Å²) in [6, 6.07) is 17.6. The van der Waals surface area contributed by atoms with E-state index in [0.717, 1.165) is 17.5 Å². The van der Waals surface area contributed by atoms with Crippen LogP contribution < -0.4 is 4.74 Å². The average molecular weight is 282 g/mol. The summed E-state index contributed by atoms with van der Waals surface area (Å²) < 4.78 is 5.68. The molecule has 0 spiro atoms. The third-order valence-corrected chi connectivity index (χ3v) is 3.65. The van der Waals surface area contributed by atoms with E-state index in [0.29, 0.717) is 11.7 Å². The number of hydrogen-bond acceptors (Lipinski definition) is 2. The molecule has 0 aliphatic heterocycles. The van der Waals surface area contributed by atoms with Crippen LogP contribution in [-0.4, -0.2) is 5.97 Å². The zero-order valence-corrected chi connectivity index (χ0v) is 12.9. The van der Waals surface area contributed by atoms with Crippen LogP contribution in [0.3, 0.4) is 0 Å². The van der Waals surface area contributed by atoms with Crippen LogP contribution in [-0.2, 0) is 4.79 Å². The van der Waals surface area contributed by atoms with Crippen molar-refractivity contribution < 1.29 is 9.53 Å². The zero-order chi connectivity index (χ0) is 15.2. The van der Waals surface area contributed by atoms with Gasteiger partial charge in [0, 0.05) is 0 Å². The molecule has 0 bridgehead atoms. The molecule has 110 valence electrons. The molecule has 0 N–H and O–H groups in total. The van der Waals surface area contributed by atoms with Crippen molar-refractivity contribution in [2.24, 2.45) is 0 Å². The fourth-order valence-corrected chi connectivity index (χ4v) is 2.45. The largest absolute Gasteiger partial charge is 0.426 e. The van der Waals surface area contributed by atoms with Gasteiger partial charge in [-0.15, -0.1) is 0 Å². The molecular weight excluding hydrogens is 260 g/mol. The topological polar surface area (TPSA) is 26.3 Å². The highest BCUT2D eigenvalue weighted by Gasteiger charge is 2.21. The van der Waals surface area contributed by atoms with Crippen molar-refractivity contribution in [2.45, 2.75) is 39.0 Å². The lowest BCUT2D eigenvalue weighted by Gasteiger charge is -2.17. The van der Waals surface area contributed by atoms with Crippen LogP contribution in [0.5, 0.6) is 5.75 Å². The van der Waals surface area contributed by atoms with Crippen LogP contribution in [0.1, 0.15) is 50.2 Å². The van der Waals surface area contributed by atoms with Gasteiger partial charge in [0.05, 0.1) is 5.92 Å². The number of carbonyl (C=O) groups is 1. The SMILES string of the molecule is CC[C@H](C(=O)Oc1ccccc1C(C)C)c1ccccc1. The summed E-state index contributed by atoms with van der Waals surface area (Å²) in [6.45, 7) is 6.20. The molecule has 0 saturated heterocycles. The molecule has 0 aromatic heterocycles. The maximum absolute atomic E-state index is 12.5. The number of ether oxygens (including phenoxy) is 1. The van der Waals surface area contributed by atoms with E-state index in [1.165, 1.54) is 0 Å². The van der Waals surface area contributed by atoms with Gasteiger partial charge in [0.25, 0.3) is 0 Å².